The minimum atomic E-state index is -0.526. The van der Waals surface area contributed by atoms with E-state index in [1.54, 1.807) is 4.90 Å². The Morgan fingerprint density at radius 2 is 1.96 bits per heavy atom. The summed E-state index contributed by atoms with van der Waals surface area (Å²) in [6, 6.07) is 7.74. The van der Waals surface area contributed by atoms with Crippen LogP contribution in [0.4, 0.5) is 5.69 Å². The van der Waals surface area contributed by atoms with Gasteiger partial charge in [-0.25, -0.2) is 0 Å². The molecule has 1 saturated heterocycles. The van der Waals surface area contributed by atoms with Gasteiger partial charge in [0.2, 0.25) is 5.91 Å². The fraction of sp³-hybridized carbons (Fsp3) is 0.500. The molecule has 1 aliphatic heterocycles. The minimum absolute atomic E-state index is 0.100. The number of amides is 2. The third kappa shape index (κ3) is 4.57. The van der Waals surface area contributed by atoms with Gasteiger partial charge in [0.15, 0.2) is 6.61 Å². The maximum Gasteiger partial charge on any atom is 0.311 e. The maximum atomic E-state index is 12.2. The van der Waals surface area contributed by atoms with E-state index in [0.717, 1.165) is 18.5 Å². The molecule has 6 nitrogen and oxygen atoms in total. The fourth-order valence-electron chi connectivity index (χ4n) is 2.60. The largest absolute Gasteiger partial charge is 0.455 e. The van der Waals surface area contributed by atoms with Crippen LogP contribution >= 0.6 is 0 Å². The van der Waals surface area contributed by atoms with Crippen molar-refractivity contribution in [2.75, 3.05) is 24.6 Å². The quantitative estimate of drug-likeness (QED) is 0.771. The van der Waals surface area contributed by atoms with Crippen LogP contribution < -0.4 is 10.2 Å². The number of benzene rings is 1. The number of carbonyl (C=O) groups excluding carboxylic acids is 3. The molecule has 1 aromatic carbocycles. The van der Waals surface area contributed by atoms with Gasteiger partial charge in [-0.3, -0.25) is 14.4 Å². The molecule has 0 bridgehead atoms. The Balaban J connectivity index is 1.88. The second-order valence-electron chi connectivity index (χ2n) is 5.88. The maximum absolute atomic E-state index is 12.2. The SMILES string of the molecule is CCCNC(=O)COC(=O)[C@@H]1CC(=O)N(c2ccc(CC)cc2)C1. The molecule has 2 rings (SSSR count). The molecule has 1 aromatic rings. The van der Waals surface area contributed by atoms with Crippen molar-refractivity contribution in [1.82, 2.24) is 5.32 Å². The molecule has 2 amide bonds. The van der Waals surface area contributed by atoms with Gasteiger partial charge in [-0.2, -0.15) is 0 Å². The zero-order valence-electron chi connectivity index (χ0n) is 14.2. The Morgan fingerprint density at radius 1 is 1.25 bits per heavy atom. The fourth-order valence-corrected chi connectivity index (χ4v) is 2.60. The van der Waals surface area contributed by atoms with Gasteiger partial charge in [-0.05, 0) is 30.5 Å². The van der Waals surface area contributed by atoms with Crippen molar-refractivity contribution in [3.63, 3.8) is 0 Å². The smallest absolute Gasteiger partial charge is 0.311 e. The highest BCUT2D eigenvalue weighted by Crippen LogP contribution is 2.26. The van der Waals surface area contributed by atoms with Crippen LogP contribution in [0, 0.1) is 5.92 Å². The summed E-state index contributed by atoms with van der Waals surface area (Å²) >= 11 is 0. The van der Waals surface area contributed by atoms with E-state index in [9.17, 15) is 14.4 Å². The van der Waals surface area contributed by atoms with Gasteiger partial charge < -0.3 is 15.0 Å². The average Bonchev–Trinajstić information content (AvgIpc) is 2.99. The standard InChI is InChI=1S/C18H24N2O4/c1-3-9-19-16(21)12-24-18(23)14-10-17(22)20(11-14)15-7-5-13(4-2)6-8-15/h5-8,14H,3-4,9-12H2,1-2H3,(H,19,21)/t14-/m1/s1. The van der Waals surface area contributed by atoms with Gasteiger partial charge >= 0.3 is 5.97 Å². The number of hydrogen-bond donors (Lipinski definition) is 1. The van der Waals surface area contributed by atoms with Crippen LogP contribution in [0.15, 0.2) is 24.3 Å². The zero-order chi connectivity index (χ0) is 17.5. The van der Waals surface area contributed by atoms with E-state index < -0.39 is 11.9 Å². The first-order chi connectivity index (χ1) is 11.5. The molecule has 1 heterocycles. The summed E-state index contributed by atoms with van der Waals surface area (Å²) in [7, 11) is 0. The number of anilines is 1. The number of aryl methyl sites for hydroxylation is 1. The van der Waals surface area contributed by atoms with Gasteiger partial charge in [0, 0.05) is 25.2 Å². The van der Waals surface area contributed by atoms with Crippen LogP contribution in [0.2, 0.25) is 0 Å². The lowest BCUT2D eigenvalue weighted by Gasteiger charge is -2.17. The van der Waals surface area contributed by atoms with Gasteiger partial charge in [0.05, 0.1) is 5.92 Å². The minimum Gasteiger partial charge on any atom is -0.455 e. The van der Waals surface area contributed by atoms with E-state index >= 15 is 0 Å². The molecule has 24 heavy (non-hydrogen) atoms. The zero-order valence-corrected chi connectivity index (χ0v) is 14.2. The molecule has 1 atom stereocenters. The Bertz CT molecular complexity index is 598. The monoisotopic (exact) mass is 332 g/mol. The third-order valence-corrected chi connectivity index (χ3v) is 4.03. The molecule has 1 N–H and O–H groups in total. The van der Waals surface area contributed by atoms with E-state index in [-0.39, 0.29) is 24.8 Å². The second-order valence-corrected chi connectivity index (χ2v) is 5.88. The van der Waals surface area contributed by atoms with Crippen LogP contribution in [0.25, 0.3) is 0 Å². The van der Waals surface area contributed by atoms with Gasteiger partial charge in [-0.1, -0.05) is 26.0 Å². The number of nitrogens with zero attached hydrogens (tertiary/aromatic N) is 1. The summed E-state index contributed by atoms with van der Waals surface area (Å²) in [5, 5.41) is 2.64. The number of ether oxygens (including phenoxy) is 1. The summed E-state index contributed by atoms with van der Waals surface area (Å²) < 4.78 is 5.02. The van der Waals surface area contributed by atoms with Crippen molar-refractivity contribution in [2.24, 2.45) is 5.92 Å². The van der Waals surface area contributed by atoms with Crippen LogP contribution in [-0.4, -0.2) is 37.5 Å². The molecule has 1 aliphatic rings. The topological polar surface area (TPSA) is 75.7 Å². The Hall–Kier alpha value is -2.37. The predicted octanol–water partition coefficient (Wildman–Crippen LogP) is 1.67. The molecule has 1 fully saturated rings. The molecule has 0 saturated carbocycles. The molecule has 0 aromatic heterocycles. The van der Waals surface area contributed by atoms with E-state index in [1.807, 2.05) is 31.2 Å². The van der Waals surface area contributed by atoms with E-state index in [1.165, 1.54) is 5.56 Å². The van der Waals surface area contributed by atoms with Crippen LogP contribution in [0.1, 0.15) is 32.3 Å². The normalized spacial score (nSPS) is 17.0. The Kier molecular flexibility index (Phi) is 6.35. The van der Waals surface area contributed by atoms with E-state index in [2.05, 4.69) is 12.2 Å². The van der Waals surface area contributed by atoms with Crippen molar-refractivity contribution in [1.29, 1.82) is 0 Å². The summed E-state index contributed by atoms with van der Waals surface area (Å²) in [5.74, 6) is -1.44. The van der Waals surface area contributed by atoms with Crippen LogP contribution in [0.5, 0.6) is 0 Å². The molecule has 130 valence electrons. The highest BCUT2D eigenvalue weighted by Gasteiger charge is 2.36. The molecule has 0 unspecified atom stereocenters. The van der Waals surface area contributed by atoms with Gasteiger partial charge in [-0.15, -0.1) is 0 Å². The summed E-state index contributed by atoms with van der Waals surface area (Å²) in [6.07, 6.45) is 1.87. The Labute approximate surface area is 142 Å². The van der Waals surface area contributed by atoms with Crippen molar-refractivity contribution in [3.05, 3.63) is 29.8 Å². The van der Waals surface area contributed by atoms with Crippen LogP contribution in [0.3, 0.4) is 0 Å². The first-order valence-electron chi connectivity index (χ1n) is 8.37. The molecule has 0 aliphatic carbocycles. The molecule has 6 heteroatoms. The first kappa shape index (κ1) is 18.0. The highest BCUT2D eigenvalue weighted by atomic mass is 16.5. The van der Waals surface area contributed by atoms with Crippen LogP contribution in [-0.2, 0) is 25.5 Å². The van der Waals surface area contributed by atoms with Crippen molar-refractivity contribution in [2.45, 2.75) is 33.1 Å². The van der Waals surface area contributed by atoms with Crippen molar-refractivity contribution >= 4 is 23.5 Å². The number of rotatable bonds is 7. The third-order valence-electron chi connectivity index (χ3n) is 4.03. The van der Waals surface area contributed by atoms with Gasteiger partial charge in [0.25, 0.3) is 5.91 Å². The lowest BCUT2D eigenvalue weighted by Crippen LogP contribution is -2.31. The van der Waals surface area contributed by atoms with Crippen molar-refractivity contribution < 1.29 is 19.1 Å². The Morgan fingerprint density at radius 3 is 2.58 bits per heavy atom. The lowest BCUT2D eigenvalue weighted by molar-refractivity contribution is -0.152. The summed E-state index contributed by atoms with van der Waals surface area (Å²) in [5.41, 5.74) is 1.98. The van der Waals surface area contributed by atoms with Gasteiger partial charge in [0.1, 0.15) is 0 Å². The first-order valence-corrected chi connectivity index (χ1v) is 8.37. The summed E-state index contributed by atoms with van der Waals surface area (Å²) in [6.45, 7) is 4.56. The number of nitrogens with one attached hydrogen (secondary N) is 1. The number of esters is 1. The average molecular weight is 332 g/mol. The highest BCUT2D eigenvalue weighted by molar-refractivity contribution is 5.99. The number of hydrogen-bond acceptors (Lipinski definition) is 4. The number of carbonyl (C=O) groups is 3. The van der Waals surface area contributed by atoms with Crippen molar-refractivity contribution in [3.8, 4) is 0 Å². The lowest BCUT2D eigenvalue weighted by atomic mass is 10.1. The molecular formula is C18H24N2O4. The van der Waals surface area contributed by atoms with E-state index in [4.69, 9.17) is 4.74 Å². The molecule has 0 radical (unpaired) electrons. The predicted molar refractivity (Wildman–Crippen MR) is 90.5 cm³/mol. The second kappa shape index (κ2) is 8.47. The van der Waals surface area contributed by atoms with E-state index in [0.29, 0.717) is 13.1 Å². The molecule has 0 spiro atoms. The summed E-state index contributed by atoms with van der Waals surface area (Å²) in [4.78, 5) is 37.3. The molecular weight excluding hydrogens is 308 g/mol.